The molecular formula is C13H25N. The molecule has 14 heavy (non-hydrogen) atoms. The Labute approximate surface area is 88.7 Å². The van der Waals surface area contributed by atoms with Crippen LogP contribution in [0.1, 0.15) is 64.2 Å². The maximum Gasteiger partial charge on any atom is 0.00697 e. The van der Waals surface area contributed by atoms with Gasteiger partial charge in [0, 0.05) is 6.04 Å². The Kier molecular flexibility index (Phi) is 4.30. The average molecular weight is 195 g/mol. The highest BCUT2D eigenvalue weighted by Crippen LogP contribution is 2.28. The smallest absolute Gasteiger partial charge is 0.00697 e. The number of rotatable bonds is 2. The zero-order valence-corrected chi connectivity index (χ0v) is 9.43. The molecule has 0 spiro atoms. The first-order valence-electron chi connectivity index (χ1n) is 6.68. The first kappa shape index (κ1) is 10.5. The molecule has 0 radical (unpaired) electrons. The number of nitrogens with one attached hydrogen (secondary N) is 1. The summed E-state index contributed by atoms with van der Waals surface area (Å²) in [6, 6.07) is 0.867. The molecule has 82 valence electrons. The van der Waals surface area contributed by atoms with Gasteiger partial charge in [-0.1, -0.05) is 44.9 Å². The quantitative estimate of drug-likeness (QED) is 0.665. The van der Waals surface area contributed by atoms with E-state index in [2.05, 4.69) is 5.32 Å². The molecule has 1 heterocycles. The van der Waals surface area contributed by atoms with E-state index >= 15 is 0 Å². The monoisotopic (exact) mass is 195 g/mol. The van der Waals surface area contributed by atoms with Crippen LogP contribution in [0.25, 0.3) is 0 Å². The van der Waals surface area contributed by atoms with Gasteiger partial charge in [-0.2, -0.15) is 0 Å². The molecule has 1 nitrogen and oxygen atoms in total. The van der Waals surface area contributed by atoms with E-state index in [1.54, 1.807) is 0 Å². The Balaban J connectivity index is 1.71. The van der Waals surface area contributed by atoms with Crippen molar-refractivity contribution in [2.45, 2.75) is 70.3 Å². The second kappa shape index (κ2) is 5.75. The van der Waals surface area contributed by atoms with Crippen molar-refractivity contribution in [2.24, 2.45) is 5.92 Å². The van der Waals surface area contributed by atoms with Crippen LogP contribution in [-0.4, -0.2) is 12.6 Å². The van der Waals surface area contributed by atoms with Gasteiger partial charge in [-0.15, -0.1) is 0 Å². The molecule has 0 aromatic carbocycles. The minimum Gasteiger partial charge on any atom is -0.314 e. The molecule has 1 saturated heterocycles. The minimum atomic E-state index is 0.867. The fraction of sp³-hybridized carbons (Fsp3) is 1.00. The second-order valence-corrected chi connectivity index (χ2v) is 5.24. The van der Waals surface area contributed by atoms with E-state index in [1.807, 2.05) is 0 Å². The maximum atomic E-state index is 3.69. The van der Waals surface area contributed by atoms with E-state index in [-0.39, 0.29) is 0 Å². The molecule has 0 unspecified atom stereocenters. The van der Waals surface area contributed by atoms with Crippen LogP contribution in [0.4, 0.5) is 0 Å². The van der Waals surface area contributed by atoms with Crippen molar-refractivity contribution in [2.75, 3.05) is 6.54 Å². The first-order valence-corrected chi connectivity index (χ1v) is 6.68. The van der Waals surface area contributed by atoms with E-state index in [0.717, 1.165) is 12.0 Å². The zero-order valence-electron chi connectivity index (χ0n) is 9.43. The number of hydrogen-bond acceptors (Lipinski definition) is 1. The van der Waals surface area contributed by atoms with Crippen molar-refractivity contribution in [3.63, 3.8) is 0 Å². The van der Waals surface area contributed by atoms with Gasteiger partial charge in [0.1, 0.15) is 0 Å². The van der Waals surface area contributed by atoms with E-state index in [1.165, 1.54) is 70.8 Å². The Morgan fingerprint density at radius 3 is 2.14 bits per heavy atom. The lowest BCUT2D eigenvalue weighted by atomic mass is 9.89. The number of hydrogen-bond donors (Lipinski definition) is 1. The maximum absolute atomic E-state index is 3.69. The van der Waals surface area contributed by atoms with E-state index in [4.69, 9.17) is 0 Å². The highest BCUT2D eigenvalue weighted by Gasteiger charge is 2.19. The summed E-state index contributed by atoms with van der Waals surface area (Å²) < 4.78 is 0. The van der Waals surface area contributed by atoms with E-state index < -0.39 is 0 Å². The van der Waals surface area contributed by atoms with Gasteiger partial charge in [-0.05, 0) is 31.7 Å². The van der Waals surface area contributed by atoms with E-state index in [0.29, 0.717) is 0 Å². The minimum absolute atomic E-state index is 0.867. The Morgan fingerprint density at radius 1 is 0.786 bits per heavy atom. The van der Waals surface area contributed by atoms with Crippen molar-refractivity contribution < 1.29 is 0 Å². The molecule has 0 amide bonds. The zero-order chi connectivity index (χ0) is 9.64. The third-order valence-electron chi connectivity index (χ3n) is 4.00. The summed E-state index contributed by atoms with van der Waals surface area (Å²) in [6.45, 7) is 1.28. The van der Waals surface area contributed by atoms with Gasteiger partial charge < -0.3 is 5.32 Å². The lowest BCUT2D eigenvalue weighted by Crippen LogP contribution is -2.35. The molecule has 1 aliphatic carbocycles. The molecule has 1 atom stereocenters. The Bertz CT molecular complexity index is 141. The molecular weight excluding hydrogens is 170 g/mol. The molecule has 1 saturated carbocycles. The summed E-state index contributed by atoms with van der Waals surface area (Å²) in [6.07, 6.45) is 14.8. The van der Waals surface area contributed by atoms with Crippen LogP contribution in [0, 0.1) is 5.92 Å². The van der Waals surface area contributed by atoms with Gasteiger partial charge in [0.05, 0.1) is 0 Å². The fourth-order valence-electron chi connectivity index (χ4n) is 3.13. The highest BCUT2D eigenvalue weighted by molar-refractivity contribution is 4.76. The van der Waals surface area contributed by atoms with Crippen molar-refractivity contribution in [1.29, 1.82) is 0 Å². The molecule has 1 N–H and O–H groups in total. The van der Waals surface area contributed by atoms with E-state index in [9.17, 15) is 0 Å². The fourth-order valence-corrected chi connectivity index (χ4v) is 3.13. The van der Waals surface area contributed by atoms with Crippen LogP contribution in [0.2, 0.25) is 0 Å². The normalized spacial score (nSPS) is 31.3. The highest BCUT2D eigenvalue weighted by atomic mass is 14.9. The lowest BCUT2D eigenvalue weighted by Gasteiger charge is -2.27. The summed E-state index contributed by atoms with van der Waals surface area (Å²) in [4.78, 5) is 0. The average Bonchev–Trinajstić information content (AvgIpc) is 2.48. The molecule has 0 bridgehead atoms. The summed E-state index contributed by atoms with van der Waals surface area (Å²) in [5, 5.41) is 3.69. The van der Waals surface area contributed by atoms with Crippen molar-refractivity contribution in [3.8, 4) is 0 Å². The third-order valence-corrected chi connectivity index (χ3v) is 4.00. The molecule has 2 aliphatic rings. The van der Waals surface area contributed by atoms with Crippen LogP contribution in [0.5, 0.6) is 0 Å². The standard InChI is InChI=1S/C13H25N/c1-2-4-8-12(7-3-1)11-13-9-5-6-10-14-13/h12-14H,1-11H2/t13-/m0/s1. The molecule has 2 fully saturated rings. The van der Waals surface area contributed by atoms with Crippen molar-refractivity contribution in [3.05, 3.63) is 0 Å². The largest absolute Gasteiger partial charge is 0.314 e. The first-order chi connectivity index (χ1) is 6.95. The summed E-state index contributed by atoms with van der Waals surface area (Å²) in [7, 11) is 0. The summed E-state index contributed by atoms with van der Waals surface area (Å²) >= 11 is 0. The van der Waals surface area contributed by atoms with Gasteiger partial charge in [0.25, 0.3) is 0 Å². The van der Waals surface area contributed by atoms with Gasteiger partial charge in [0.2, 0.25) is 0 Å². The Hall–Kier alpha value is -0.0400. The van der Waals surface area contributed by atoms with Crippen molar-refractivity contribution >= 4 is 0 Å². The molecule has 1 heteroatoms. The van der Waals surface area contributed by atoms with Gasteiger partial charge in [-0.25, -0.2) is 0 Å². The SMILES string of the molecule is C1CCCC(C[C@@H]2CCCCN2)CC1. The van der Waals surface area contributed by atoms with Gasteiger partial charge >= 0.3 is 0 Å². The van der Waals surface area contributed by atoms with Crippen LogP contribution in [-0.2, 0) is 0 Å². The summed E-state index contributed by atoms with van der Waals surface area (Å²) in [5.74, 6) is 1.05. The predicted octanol–water partition coefficient (Wildman–Crippen LogP) is 3.49. The van der Waals surface area contributed by atoms with Gasteiger partial charge in [-0.3, -0.25) is 0 Å². The topological polar surface area (TPSA) is 12.0 Å². The van der Waals surface area contributed by atoms with Crippen LogP contribution in [0.3, 0.4) is 0 Å². The molecule has 1 aliphatic heterocycles. The van der Waals surface area contributed by atoms with Crippen LogP contribution in [0.15, 0.2) is 0 Å². The van der Waals surface area contributed by atoms with Crippen molar-refractivity contribution in [1.82, 2.24) is 5.32 Å². The lowest BCUT2D eigenvalue weighted by molar-refractivity contribution is 0.308. The predicted molar refractivity (Wildman–Crippen MR) is 61.5 cm³/mol. The molecule has 0 aromatic heterocycles. The Morgan fingerprint density at radius 2 is 1.50 bits per heavy atom. The second-order valence-electron chi connectivity index (χ2n) is 5.24. The summed E-state index contributed by atoms with van der Waals surface area (Å²) in [5.41, 5.74) is 0. The molecule has 0 aromatic rings. The third kappa shape index (κ3) is 3.27. The van der Waals surface area contributed by atoms with Crippen LogP contribution < -0.4 is 5.32 Å². The molecule has 2 rings (SSSR count). The van der Waals surface area contributed by atoms with Crippen LogP contribution >= 0.6 is 0 Å². The number of piperidine rings is 1. The van der Waals surface area contributed by atoms with Gasteiger partial charge in [0.15, 0.2) is 0 Å².